The van der Waals surface area contributed by atoms with Crippen molar-refractivity contribution in [1.29, 1.82) is 0 Å². The molecule has 2 aromatic rings. The summed E-state index contributed by atoms with van der Waals surface area (Å²) in [5.41, 5.74) is 0.564. The number of rotatable bonds is 21. The zero-order valence-electron chi connectivity index (χ0n) is 32.5. The molecule has 1 unspecified atom stereocenters. The van der Waals surface area contributed by atoms with Gasteiger partial charge in [0, 0.05) is 56.2 Å². The number of aliphatic carboxylic acids is 1. The van der Waals surface area contributed by atoms with E-state index >= 15 is 0 Å². The number of ether oxygens (including phenoxy) is 1. The van der Waals surface area contributed by atoms with Crippen LogP contribution in [0.5, 0.6) is 0 Å². The molecule has 0 radical (unpaired) electrons. The van der Waals surface area contributed by atoms with Gasteiger partial charge in [0.2, 0.25) is 5.91 Å². The first-order valence-electron chi connectivity index (χ1n) is 18.8. The summed E-state index contributed by atoms with van der Waals surface area (Å²) in [4.78, 5) is 74.4. The number of aromatic nitrogens is 1. The summed E-state index contributed by atoms with van der Waals surface area (Å²) in [6, 6.07) is 8.75. The van der Waals surface area contributed by atoms with Crippen LogP contribution in [0.3, 0.4) is 0 Å². The van der Waals surface area contributed by atoms with Crippen molar-refractivity contribution in [1.82, 2.24) is 20.1 Å². The van der Waals surface area contributed by atoms with Crippen LogP contribution in [-0.2, 0) is 30.3 Å². The van der Waals surface area contributed by atoms with Crippen molar-refractivity contribution in [3.05, 3.63) is 52.0 Å². The quantitative estimate of drug-likeness (QED) is 0.136. The molecule has 11 nitrogen and oxygen atoms in total. The normalized spacial score (nSPS) is 19.4. The first-order chi connectivity index (χ1) is 24.5. The van der Waals surface area contributed by atoms with Gasteiger partial charge in [-0.2, -0.15) is 0 Å². The lowest BCUT2D eigenvalue weighted by atomic mass is 9.76. The number of carboxylic acids is 1. The maximum absolute atomic E-state index is 14.3. The van der Waals surface area contributed by atoms with E-state index in [1.54, 1.807) is 24.3 Å². The van der Waals surface area contributed by atoms with Gasteiger partial charge < -0.3 is 20.1 Å². The lowest BCUT2D eigenvalue weighted by Crippen LogP contribution is -2.61. The molecule has 1 aliphatic heterocycles. The summed E-state index contributed by atoms with van der Waals surface area (Å²) in [6.45, 7) is 14.4. The largest absolute Gasteiger partial charge is 0.481 e. The summed E-state index contributed by atoms with van der Waals surface area (Å²) in [7, 11) is 3.71. The molecule has 2 N–H and O–H groups in total. The zero-order valence-corrected chi connectivity index (χ0v) is 33.3. The van der Waals surface area contributed by atoms with Crippen molar-refractivity contribution >= 4 is 40.9 Å². The molecule has 2 amide bonds. The molecule has 2 heterocycles. The molecule has 1 aromatic carbocycles. The van der Waals surface area contributed by atoms with Crippen LogP contribution in [0.15, 0.2) is 35.7 Å². The number of amides is 2. The average molecular weight is 741 g/mol. The Hall–Kier alpha value is -3.64. The van der Waals surface area contributed by atoms with Gasteiger partial charge in [0.05, 0.1) is 11.5 Å². The SMILES string of the molecule is CCCC(=O)O[C@H](C[C@H](C(C)C)N(C)C(=O)[C@@H](CC(=O)C1(C)CCN1C)[C@@H](C)CC)c1nc(C(=O)N[C@@H](Cc2ccccc2)C[C@H](C)C(=O)O)cs1. The number of carbonyl (C=O) groups is 5. The Labute approximate surface area is 313 Å². The van der Waals surface area contributed by atoms with Crippen LogP contribution in [0, 0.1) is 23.7 Å². The molecule has 0 spiro atoms. The molecule has 1 aliphatic rings. The summed E-state index contributed by atoms with van der Waals surface area (Å²) >= 11 is 1.21. The third-order valence-electron chi connectivity index (χ3n) is 11.0. The Balaban J connectivity index is 1.86. The molecular formula is C40H60N4O7S. The fourth-order valence-corrected chi connectivity index (χ4v) is 7.66. The van der Waals surface area contributed by atoms with Gasteiger partial charge in [0.1, 0.15) is 10.7 Å². The van der Waals surface area contributed by atoms with Crippen molar-refractivity contribution in [2.24, 2.45) is 23.7 Å². The molecule has 0 bridgehead atoms. The predicted molar refractivity (Wildman–Crippen MR) is 203 cm³/mol. The lowest BCUT2D eigenvalue weighted by molar-refractivity contribution is -0.152. The number of esters is 1. The van der Waals surface area contributed by atoms with Crippen LogP contribution in [-0.4, -0.2) is 87.7 Å². The van der Waals surface area contributed by atoms with Gasteiger partial charge in [-0.1, -0.05) is 78.3 Å². The molecule has 12 heteroatoms. The smallest absolute Gasteiger partial charge is 0.306 e. The number of benzene rings is 1. The minimum absolute atomic E-state index is 0.0110. The van der Waals surface area contributed by atoms with E-state index in [1.165, 1.54) is 11.3 Å². The number of likely N-dealkylation sites (tertiary alicyclic amines) is 1. The van der Waals surface area contributed by atoms with Gasteiger partial charge in [-0.25, -0.2) is 4.98 Å². The van der Waals surface area contributed by atoms with E-state index in [2.05, 4.69) is 10.3 Å². The van der Waals surface area contributed by atoms with E-state index in [4.69, 9.17) is 4.74 Å². The van der Waals surface area contributed by atoms with Crippen molar-refractivity contribution in [3.63, 3.8) is 0 Å². The number of likely N-dealkylation sites (N-methyl/N-ethyl adjacent to an activating group) is 1. The van der Waals surface area contributed by atoms with Crippen LogP contribution in [0.1, 0.15) is 121 Å². The summed E-state index contributed by atoms with van der Waals surface area (Å²) in [5.74, 6) is -3.00. The molecule has 52 heavy (non-hydrogen) atoms. The van der Waals surface area contributed by atoms with Crippen molar-refractivity contribution < 1.29 is 33.8 Å². The zero-order chi connectivity index (χ0) is 38.7. The number of nitrogens with one attached hydrogen (secondary N) is 1. The van der Waals surface area contributed by atoms with Gasteiger partial charge in [-0.05, 0) is 57.1 Å². The van der Waals surface area contributed by atoms with Gasteiger partial charge in [-0.3, -0.25) is 28.9 Å². The Morgan fingerprint density at radius 1 is 1.08 bits per heavy atom. The highest BCUT2D eigenvalue weighted by Gasteiger charge is 2.46. The molecule has 0 saturated carbocycles. The molecule has 1 aromatic heterocycles. The second-order valence-corrected chi connectivity index (χ2v) is 16.1. The Bertz CT molecular complexity index is 1510. The van der Waals surface area contributed by atoms with Crippen LogP contribution in [0.25, 0.3) is 0 Å². The first-order valence-corrected chi connectivity index (χ1v) is 19.6. The number of hydrogen-bond acceptors (Lipinski definition) is 9. The molecule has 0 aliphatic carbocycles. The maximum atomic E-state index is 14.3. The Morgan fingerprint density at radius 3 is 2.29 bits per heavy atom. The van der Waals surface area contributed by atoms with Crippen LogP contribution in [0.2, 0.25) is 0 Å². The summed E-state index contributed by atoms with van der Waals surface area (Å²) < 4.78 is 6.01. The third kappa shape index (κ3) is 11.2. The summed E-state index contributed by atoms with van der Waals surface area (Å²) in [6.07, 6.45) is 2.64. The predicted octanol–water partition coefficient (Wildman–Crippen LogP) is 6.57. The molecule has 7 atom stereocenters. The van der Waals surface area contributed by atoms with E-state index in [9.17, 15) is 29.1 Å². The first kappa shape index (κ1) is 42.8. The van der Waals surface area contributed by atoms with Crippen molar-refractivity contribution in [2.75, 3.05) is 20.6 Å². The average Bonchev–Trinajstić information content (AvgIpc) is 3.61. The van der Waals surface area contributed by atoms with Crippen molar-refractivity contribution in [3.8, 4) is 0 Å². The maximum Gasteiger partial charge on any atom is 0.306 e. The number of carbonyl (C=O) groups excluding carboxylic acids is 4. The van der Waals surface area contributed by atoms with E-state index in [1.807, 2.05) is 83.8 Å². The van der Waals surface area contributed by atoms with E-state index in [-0.39, 0.29) is 60.9 Å². The van der Waals surface area contributed by atoms with E-state index in [0.29, 0.717) is 17.8 Å². The molecule has 3 rings (SSSR count). The Morgan fingerprint density at radius 2 is 1.75 bits per heavy atom. The monoisotopic (exact) mass is 740 g/mol. The fraction of sp³-hybridized carbons (Fsp3) is 0.650. The number of hydrogen-bond donors (Lipinski definition) is 2. The number of thiazole rings is 1. The highest BCUT2D eigenvalue weighted by Crippen LogP contribution is 2.35. The third-order valence-corrected chi connectivity index (χ3v) is 11.9. The summed E-state index contributed by atoms with van der Waals surface area (Å²) in [5, 5.41) is 14.6. The number of ketones is 1. The van der Waals surface area contributed by atoms with Crippen LogP contribution < -0.4 is 5.32 Å². The minimum atomic E-state index is -0.939. The van der Waals surface area contributed by atoms with Gasteiger partial charge in [0.25, 0.3) is 5.91 Å². The molecule has 1 saturated heterocycles. The second-order valence-electron chi connectivity index (χ2n) is 15.2. The molecular weight excluding hydrogens is 681 g/mol. The van der Waals surface area contributed by atoms with E-state index < -0.39 is 47.4 Å². The second kappa shape index (κ2) is 19.4. The van der Waals surface area contributed by atoms with Crippen molar-refractivity contribution in [2.45, 2.75) is 124 Å². The number of carboxylic acid groups (broad SMARTS) is 1. The van der Waals surface area contributed by atoms with E-state index in [0.717, 1.165) is 24.9 Å². The standard InChI is InChI=1S/C40H60N4O7S/c1-10-15-35(46)51-33(23-32(25(3)4)44(9)38(48)30(26(5)11-2)22-34(45)40(7)18-19-43(40)8)37-42-31(24-52-37)36(47)41-29(20-27(6)39(49)50)21-28-16-13-12-14-17-28/h12-14,16-17,24-27,29-30,32-33H,10-11,15,18-23H2,1-9H3,(H,41,47)(H,49,50)/t26-,27-,29+,30-,32+,33+,40?/m0/s1. The fourth-order valence-electron chi connectivity index (χ4n) is 6.82. The molecule has 1 fully saturated rings. The highest BCUT2D eigenvalue weighted by atomic mass is 32.1. The van der Waals surface area contributed by atoms with Gasteiger partial charge >= 0.3 is 11.9 Å². The Kier molecular flexibility index (Phi) is 16.0. The van der Waals surface area contributed by atoms with Crippen LogP contribution >= 0.6 is 11.3 Å². The van der Waals surface area contributed by atoms with Gasteiger partial charge in [0.15, 0.2) is 11.9 Å². The topological polar surface area (TPSA) is 146 Å². The number of Topliss-reactive ketones (excluding diaryl/α,β-unsaturated/α-hetero) is 1. The minimum Gasteiger partial charge on any atom is -0.481 e. The molecule has 288 valence electrons. The number of nitrogens with zero attached hydrogens (tertiary/aromatic N) is 3. The lowest BCUT2D eigenvalue weighted by Gasteiger charge is -2.48. The highest BCUT2D eigenvalue weighted by molar-refractivity contribution is 7.09. The van der Waals surface area contributed by atoms with Gasteiger partial charge in [-0.15, -0.1) is 11.3 Å². The van der Waals surface area contributed by atoms with Crippen LogP contribution in [0.4, 0.5) is 0 Å².